The predicted octanol–water partition coefficient (Wildman–Crippen LogP) is 3.42. The van der Waals surface area contributed by atoms with Crippen molar-refractivity contribution < 1.29 is 9.26 Å². The van der Waals surface area contributed by atoms with Gasteiger partial charge >= 0.3 is 0 Å². The number of nitrogens with zero attached hydrogens (tertiary/aromatic N) is 2. The van der Waals surface area contributed by atoms with Crippen molar-refractivity contribution in [3.05, 3.63) is 11.7 Å². The summed E-state index contributed by atoms with van der Waals surface area (Å²) in [6.07, 6.45) is 1.88. The monoisotopic (exact) mass is 272 g/mol. The van der Waals surface area contributed by atoms with Gasteiger partial charge in [0.2, 0.25) is 11.7 Å². The highest BCUT2D eigenvalue weighted by atomic mass is 32.2. The maximum atomic E-state index is 5.32. The van der Waals surface area contributed by atoms with Crippen LogP contribution in [-0.2, 0) is 16.8 Å². The number of thioether (sulfide) groups is 1. The fraction of sp³-hybridized carbons (Fsp3) is 0.846. The number of aryl methyl sites for hydroxylation is 1. The molecular formula is C13H24N2O2S. The number of rotatable bonds is 6. The highest BCUT2D eigenvalue weighted by Gasteiger charge is 2.26. The number of aromatic nitrogens is 2. The van der Waals surface area contributed by atoms with Crippen LogP contribution in [0, 0.1) is 0 Å². The Morgan fingerprint density at radius 1 is 1.22 bits per heavy atom. The summed E-state index contributed by atoms with van der Waals surface area (Å²) in [6.45, 7) is 10.5. The summed E-state index contributed by atoms with van der Waals surface area (Å²) in [7, 11) is 1.65. The second-order valence-corrected chi connectivity index (χ2v) is 7.71. The number of hydrogen-bond acceptors (Lipinski definition) is 5. The minimum absolute atomic E-state index is 0.318. The van der Waals surface area contributed by atoms with Gasteiger partial charge in [-0.05, 0) is 26.0 Å². The quantitative estimate of drug-likeness (QED) is 0.743. The fourth-order valence-corrected chi connectivity index (χ4v) is 2.20. The van der Waals surface area contributed by atoms with Gasteiger partial charge in [-0.2, -0.15) is 16.7 Å². The van der Waals surface area contributed by atoms with E-state index in [-0.39, 0.29) is 0 Å². The topological polar surface area (TPSA) is 48.2 Å². The van der Waals surface area contributed by atoms with Crippen LogP contribution in [0.3, 0.4) is 0 Å². The molecule has 0 N–H and O–H groups in total. The summed E-state index contributed by atoms with van der Waals surface area (Å²) in [5.74, 6) is 2.42. The first-order valence-corrected chi connectivity index (χ1v) is 7.25. The zero-order chi connectivity index (χ0) is 13.8. The third kappa shape index (κ3) is 4.98. The number of methoxy groups -OCH3 is 1. The van der Waals surface area contributed by atoms with E-state index in [2.05, 4.69) is 30.9 Å². The van der Waals surface area contributed by atoms with Gasteiger partial charge in [-0.15, -0.1) is 0 Å². The van der Waals surface area contributed by atoms with E-state index in [1.807, 2.05) is 25.6 Å². The van der Waals surface area contributed by atoms with Gasteiger partial charge in [0.05, 0.1) is 0 Å². The summed E-state index contributed by atoms with van der Waals surface area (Å²) >= 11 is 1.96. The molecule has 0 saturated carbocycles. The van der Waals surface area contributed by atoms with Gasteiger partial charge in [0.1, 0.15) is 5.60 Å². The molecule has 0 atom stereocenters. The zero-order valence-electron chi connectivity index (χ0n) is 12.2. The molecule has 1 heterocycles. The Morgan fingerprint density at radius 3 is 2.44 bits per heavy atom. The van der Waals surface area contributed by atoms with Gasteiger partial charge < -0.3 is 9.26 Å². The maximum Gasteiger partial charge on any atom is 0.226 e. The first-order chi connectivity index (χ1) is 8.24. The Labute approximate surface area is 114 Å². The lowest BCUT2D eigenvalue weighted by Gasteiger charge is -2.17. The van der Waals surface area contributed by atoms with Crippen molar-refractivity contribution in [3.63, 3.8) is 0 Å². The molecule has 1 rings (SSSR count). The van der Waals surface area contributed by atoms with Crippen LogP contribution < -0.4 is 0 Å². The van der Waals surface area contributed by atoms with E-state index in [9.17, 15) is 0 Å². The maximum absolute atomic E-state index is 5.32. The van der Waals surface area contributed by atoms with Crippen LogP contribution in [0.15, 0.2) is 4.52 Å². The van der Waals surface area contributed by atoms with Crippen LogP contribution in [0.5, 0.6) is 0 Å². The van der Waals surface area contributed by atoms with Crippen molar-refractivity contribution in [1.82, 2.24) is 10.1 Å². The van der Waals surface area contributed by atoms with Gasteiger partial charge in [0, 0.05) is 18.3 Å². The zero-order valence-corrected chi connectivity index (χ0v) is 13.1. The normalized spacial score (nSPS) is 13.0. The minimum Gasteiger partial charge on any atom is -0.371 e. The smallest absolute Gasteiger partial charge is 0.226 e. The summed E-state index contributed by atoms with van der Waals surface area (Å²) in [6, 6.07) is 0. The van der Waals surface area contributed by atoms with E-state index in [0.717, 1.165) is 18.6 Å². The van der Waals surface area contributed by atoms with E-state index in [0.29, 0.717) is 16.5 Å². The molecule has 5 heteroatoms. The van der Waals surface area contributed by atoms with Crippen LogP contribution in [-0.4, -0.2) is 27.8 Å². The van der Waals surface area contributed by atoms with Crippen LogP contribution in [0.2, 0.25) is 0 Å². The van der Waals surface area contributed by atoms with Gasteiger partial charge in [0.25, 0.3) is 0 Å². The van der Waals surface area contributed by atoms with E-state index >= 15 is 0 Å². The predicted molar refractivity (Wildman–Crippen MR) is 74.9 cm³/mol. The second kappa shape index (κ2) is 6.06. The highest BCUT2D eigenvalue weighted by Crippen LogP contribution is 2.24. The molecule has 4 nitrogen and oxygen atoms in total. The van der Waals surface area contributed by atoms with Crippen molar-refractivity contribution in [2.75, 3.05) is 12.9 Å². The Kier molecular flexibility index (Phi) is 5.22. The summed E-state index contributed by atoms with van der Waals surface area (Å²) in [5, 5.41) is 3.97. The Hall–Kier alpha value is -0.550. The molecule has 0 aromatic carbocycles. The van der Waals surface area contributed by atoms with Gasteiger partial charge in [-0.3, -0.25) is 0 Å². The lowest BCUT2D eigenvalue weighted by Crippen LogP contribution is -2.21. The Bertz CT molecular complexity index is 369. The molecule has 18 heavy (non-hydrogen) atoms. The largest absolute Gasteiger partial charge is 0.371 e. The number of ether oxygens (including phenoxy) is 1. The molecule has 0 aliphatic heterocycles. The lowest BCUT2D eigenvalue weighted by atomic mass is 10.1. The van der Waals surface area contributed by atoms with Crippen LogP contribution in [0.25, 0.3) is 0 Å². The molecule has 0 aliphatic rings. The standard InChI is InChI=1S/C13H24N2O2S/c1-12(2,3)18-9-7-8-10-14-11(15-17-10)13(4,5)16-6/h7-9H2,1-6H3. The molecule has 0 unspecified atom stereocenters. The van der Waals surface area contributed by atoms with Crippen LogP contribution in [0.1, 0.15) is 52.8 Å². The molecule has 0 saturated heterocycles. The average Bonchev–Trinajstić information content (AvgIpc) is 2.72. The minimum atomic E-state index is -0.484. The molecular weight excluding hydrogens is 248 g/mol. The number of hydrogen-bond donors (Lipinski definition) is 0. The van der Waals surface area contributed by atoms with Crippen LogP contribution >= 0.6 is 11.8 Å². The lowest BCUT2D eigenvalue weighted by molar-refractivity contribution is 0.00973. The first kappa shape index (κ1) is 15.5. The molecule has 1 aromatic rings. The molecule has 0 amide bonds. The van der Waals surface area contributed by atoms with E-state index in [1.54, 1.807) is 7.11 Å². The SMILES string of the molecule is COC(C)(C)c1noc(CCCSC(C)(C)C)n1. The molecule has 0 radical (unpaired) electrons. The molecule has 0 bridgehead atoms. The Balaban J connectivity index is 2.41. The van der Waals surface area contributed by atoms with Crippen LogP contribution in [0.4, 0.5) is 0 Å². The molecule has 0 fully saturated rings. The van der Waals surface area contributed by atoms with Gasteiger partial charge in [-0.1, -0.05) is 25.9 Å². The molecule has 0 aliphatic carbocycles. The van der Waals surface area contributed by atoms with E-state index in [4.69, 9.17) is 9.26 Å². The van der Waals surface area contributed by atoms with Crippen molar-refractivity contribution >= 4 is 11.8 Å². The average molecular weight is 272 g/mol. The third-order valence-electron chi connectivity index (χ3n) is 2.59. The third-order valence-corrected chi connectivity index (χ3v) is 3.95. The molecule has 104 valence electrons. The first-order valence-electron chi connectivity index (χ1n) is 6.27. The summed E-state index contributed by atoms with van der Waals surface area (Å²) < 4.78 is 10.9. The summed E-state index contributed by atoms with van der Waals surface area (Å²) in [4.78, 5) is 4.37. The fourth-order valence-electron chi connectivity index (χ4n) is 1.29. The van der Waals surface area contributed by atoms with Crippen molar-refractivity contribution in [2.45, 2.75) is 57.8 Å². The second-order valence-electron chi connectivity index (χ2n) is 5.79. The highest BCUT2D eigenvalue weighted by molar-refractivity contribution is 8.00. The van der Waals surface area contributed by atoms with E-state index in [1.165, 1.54) is 0 Å². The van der Waals surface area contributed by atoms with Crippen molar-refractivity contribution in [1.29, 1.82) is 0 Å². The summed E-state index contributed by atoms with van der Waals surface area (Å²) in [5.41, 5.74) is -0.484. The molecule has 1 aromatic heterocycles. The molecule has 0 spiro atoms. The van der Waals surface area contributed by atoms with Gasteiger partial charge in [-0.25, -0.2) is 0 Å². The van der Waals surface area contributed by atoms with Crippen molar-refractivity contribution in [2.24, 2.45) is 0 Å². The van der Waals surface area contributed by atoms with Crippen molar-refractivity contribution in [3.8, 4) is 0 Å². The van der Waals surface area contributed by atoms with Gasteiger partial charge in [0.15, 0.2) is 0 Å². The Morgan fingerprint density at radius 2 is 1.89 bits per heavy atom. The van der Waals surface area contributed by atoms with E-state index < -0.39 is 5.60 Å².